The summed E-state index contributed by atoms with van der Waals surface area (Å²) in [6.45, 7) is 4.96. The Hall–Kier alpha value is -2.41. The zero-order chi connectivity index (χ0) is 45.2. The highest BCUT2D eigenvalue weighted by Crippen LogP contribution is 2.19. The molecule has 1 amide bonds. The van der Waals surface area contributed by atoms with Crippen LogP contribution in [0.2, 0.25) is 0 Å². The lowest BCUT2D eigenvalue weighted by molar-refractivity contribution is -0.150. The first kappa shape index (κ1) is 59.6. The Morgan fingerprint density at radius 3 is 1.27 bits per heavy atom. The van der Waals surface area contributed by atoms with Gasteiger partial charge in [0.15, 0.2) is 0 Å². The first-order chi connectivity index (χ1) is 30.4. The number of nitrogens with two attached hydrogens (primary N) is 1. The molecule has 0 spiro atoms. The Kier molecular flexibility index (Phi) is 47.7. The predicted molar refractivity (Wildman–Crippen MR) is 267 cm³/mol. The van der Waals surface area contributed by atoms with Crippen molar-refractivity contribution in [3.05, 3.63) is 36.5 Å². The second-order valence-corrected chi connectivity index (χ2v) is 18.3. The molecule has 7 nitrogen and oxygen atoms in total. The number of hydrogen-bond donors (Lipinski definition) is 3. The lowest BCUT2D eigenvalue weighted by Crippen LogP contribution is -2.40. The van der Waals surface area contributed by atoms with E-state index in [1.807, 2.05) is 0 Å². The highest BCUT2D eigenvalue weighted by molar-refractivity contribution is 5.83. The number of carbonyl (C=O) groups excluding carboxylic acids is 2. The van der Waals surface area contributed by atoms with Crippen LogP contribution in [0.1, 0.15) is 277 Å². The second kappa shape index (κ2) is 49.6. The highest BCUT2D eigenvalue weighted by Gasteiger charge is 2.19. The molecule has 0 aromatic carbocycles. The van der Waals surface area contributed by atoms with E-state index < -0.39 is 12.0 Å². The molecule has 0 saturated carbocycles. The molecule has 0 bridgehead atoms. The molecule has 0 fully saturated rings. The summed E-state index contributed by atoms with van der Waals surface area (Å²) >= 11 is 0. The van der Waals surface area contributed by atoms with Crippen molar-refractivity contribution in [1.29, 1.82) is 0 Å². The number of unbranched alkanes of at least 4 members (excludes halogenated alkanes) is 29. The van der Waals surface area contributed by atoms with Gasteiger partial charge in [-0.25, -0.2) is 4.79 Å². The smallest absolute Gasteiger partial charge is 0.326 e. The summed E-state index contributed by atoms with van der Waals surface area (Å²) in [5.74, 6) is -1.24. The Labute approximate surface area is 384 Å². The van der Waals surface area contributed by atoms with Crippen LogP contribution in [-0.4, -0.2) is 41.6 Å². The van der Waals surface area contributed by atoms with E-state index in [-0.39, 0.29) is 18.0 Å². The summed E-state index contributed by atoms with van der Waals surface area (Å²) in [6.07, 6.45) is 60.6. The molecule has 0 rings (SSSR count). The number of aliphatic carboxylic acids is 1. The van der Waals surface area contributed by atoms with Gasteiger partial charge in [-0.3, -0.25) is 9.59 Å². The van der Waals surface area contributed by atoms with Crippen molar-refractivity contribution in [3.63, 3.8) is 0 Å². The molecule has 2 atom stereocenters. The lowest BCUT2D eigenvalue weighted by atomic mass is 10.0. The highest BCUT2D eigenvalue weighted by atomic mass is 16.5. The lowest BCUT2D eigenvalue weighted by Gasteiger charge is -2.18. The maximum absolute atomic E-state index is 12.9. The number of carboxylic acid groups (broad SMARTS) is 1. The zero-order valence-electron chi connectivity index (χ0n) is 41.0. The molecule has 0 radical (unpaired) electrons. The third-order valence-corrected chi connectivity index (χ3v) is 12.2. The molecule has 0 saturated heterocycles. The van der Waals surface area contributed by atoms with Gasteiger partial charge in [-0.05, 0) is 116 Å². The maximum atomic E-state index is 12.9. The van der Waals surface area contributed by atoms with Crippen molar-refractivity contribution in [2.75, 3.05) is 6.54 Å². The summed E-state index contributed by atoms with van der Waals surface area (Å²) in [6, 6.07) is -0.860. The fourth-order valence-electron chi connectivity index (χ4n) is 8.12. The number of hydrogen-bond acceptors (Lipinski definition) is 5. The van der Waals surface area contributed by atoms with Gasteiger partial charge >= 0.3 is 11.9 Å². The minimum atomic E-state index is -1.00. The summed E-state index contributed by atoms with van der Waals surface area (Å²) in [5, 5.41) is 12.0. The summed E-state index contributed by atoms with van der Waals surface area (Å²) < 4.78 is 6.08. The van der Waals surface area contributed by atoms with Crippen molar-refractivity contribution < 1.29 is 24.2 Å². The molecular weight excluding hydrogens is 769 g/mol. The van der Waals surface area contributed by atoms with Gasteiger partial charge in [-0.15, -0.1) is 0 Å². The largest absolute Gasteiger partial charge is 0.480 e. The van der Waals surface area contributed by atoms with Crippen molar-refractivity contribution >= 4 is 17.8 Å². The van der Waals surface area contributed by atoms with E-state index in [0.717, 1.165) is 83.5 Å². The molecule has 4 N–H and O–H groups in total. The van der Waals surface area contributed by atoms with E-state index in [1.54, 1.807) is 0 Å². The van der Waals surface area contributed by atoms with Crippen LogP contribution in [0.4, 0.5) is 0 Å². The van der Waals surface area contributed by atoms with Gasteiger partial charge in [-0.1, -0.05) is 192 Å². The minimum Gasteiger partial charge on any atom is -0.480 e. The van der Waals surface area contributed by atoms with Gasteiger partial charge in [0.05, 0.1) is 0 Å². The van der Waals surface area contributed by atoms with Crippen LogP contribution in [0.5, 0.6) is 0 Å². The Balaban J connectivity index is 4.28. The van der Waals surface area contributed by atoms with Crippen molar-refractivity contribution in [2.45, 2.75) is 289 Å². The van der Waals surface area contributed by atoms with Crippen LogP contribution >= 0.6 is 0 Å². The van der Waals surface area contributed by atoms with Gasteiger partial charge in [-0.2, -0.15) is 0 Å². The number of carbonyl (C=O) groups is 3. The van der Waals surface area contributed by atoms with Gasteiger partial charge in [0.2, 0.25) is 5.91 Å². The van der Waals surface area contributed by atoms with E-state index >= 15 is 0 Å². The second-order valence-electron chi connectivity index (χ2n) is 18.3. The summed E-state index contributed by atoms with van der Waals surface area (Å²) in [4.78, 5) is 36.6. The van der Waals surface area contributed by atoms with E-state index in [4.69, 9.17) is 10.5 Å². The molecule has 0 aliphatic heterocycles. The Morgan fingerprint density at radius 2 is 0.839 bits per heavy atom. The van der Waals surface area contributed by atoms with Crippen molar-refractivity contribution in [3.8, 4) is 0 Å². The average Bonchev–Trinajstić information content (AvgIpc) is 3.26. The van der Waals surface area contributed by atoms with Crippen LogP contribution in [-0.2, 0) is 19.1 Å². The first-order valence-corrected chi connectivity index (χ1v) is 26.8. The topological polar surface area (TPSA) is 119 Å². The van der Waals surface area contributed by atoms with Crippen LogP contribution in [0, 0.1) is 0 Å². The summed E-state index contributed by atoms with van der Waals surface area (Å²) in [7, 11) is 0. The number of carboxylic acids is 1. The number of rotatable bonds is 49. The number of esters is 1. The van der Waals surface area contributed by atoms with Crippen molar-refractivity contribution in [1.82, 2.24) is 5.32 Å². The zero-order valence-corrected chi connectivity index (χ0v) is 41.0. The molecule has 0 aromatic rings. The van der Waals surface area contributed by atoms with Gasteiger partial charge in [0.25, 0.3) is 0 Å². The minimum absolute atomic E-state index is 0.0113. The van der Waals surface area contributed by atoms with E-state index in [1.165, 1.54) is 154 Å². The Bertz CT molecular complexity index is 1070. The Morgan fingerprint density at radius 1 is 0.468 bits per heavy atom. The molecule has 2 unspecified atom stereocenters. The predicted octanol–water partition coefficient (Wildman–Crippen LogP) is 16.1. The fourth-order valence-corrected chi connectivity index (χ4v) is 8.12. The molecule has 0 aliphatic rings. The first-order valence-electron chi connectivity index (χ1n) is 26.8. The van der Waals surface area contributed by atoms with Crippen LogP contribution in [0.25, 0.3) is 0 Å². The summed E-state index contributed by atoms with van der Waals surface area (Å²) in [5.41, 5.74) is 5.50. The molecule has 362 valence electrons. The average molecular weight is 871 g/mol. The van der Waals surface area contributed by atoms with E-state index in [9.17, 15) is 19.5 Å². The van der Waals surface area contributed by atoms with Crippen LogP contribution in [0.15, 0.2) is 36.5 Å². The molecular formula is C55H102N2O5. The third-order valence-electron chi connectivity index (χ3n) is 12.2. The molecule has 0 aliphatic carbocycles. The van der Waals surface area contributed by atoms with Gasteiger partial charge in [0, 0.05) is 12.8 Å². The quantitative estimate of drug-likeness (QED) is 0.0318. The molecule has 0 aromatic heterocycles. The molecule has 7 heteroatoms. The SMILES string of the molecule is CCCCCCC/C=C\C/C=C\CCCCCC(CCCCCCCC(=O)NC(CCCN)C(=O)O)OC(=O)CCCCCCCCCCC/C=C\CCCCCCCCCC. The van der Waals surface area contributed by atoms with E-state index in [2.05, 4.69) is 55.6 Å². The molecule has 62 heavy (non-hydrogen) atoms. The molecule has 0 heterocycles. The van der Waals surface area contributed by atoms with Gasteiger partial charge < -0.3 is 20.9 Å². The maximum Gasteiger partial charge on any atom is 0.326 e. The monoisotopic (exact) mass is 871 g/mol. The standard InChI is InChI=1S/C55H102N2O5/c1-3-5-7-9-11-13-15-17-19-20-21-22-23-24-26-28-30-32-34-39-43-49-54(59)62-51(45-40-36-33-31-29-27-25-18-16-14-12-10-8-6-4-2)46-41-37-35-38-42-48-53(58)57-52(55(60)61)47-44-50-56/h16,18,20-21,27,29,51-52H,3-15,17,19,22-26,28,30-50,56H2,1-2H3,(H,57,58)(H,60,61)/b18-16-,21-20-,29-27-. The number of ether oxygens (including phenoxy) is 1. The van der Waals surface area contributed by atoms with Gasteiger partial charge in [0.1, 0.15) is 12.1 Å². The normalized spacial score (nSPS) is 12.8. The number of allylic oxidation sites excluding steroid dienone is 6. The van der Waals surface area contributed by atoms with E-state index in [0.29, 0.717) is 32.2 Å². The number of amides is 1. The van der Waals surface area contributed by atoms with Crippen LogP contribution in [0.3, 0.4) is 0 Å². The van der Waals surface area contributed by atoms with Crippen molar-refractivity contribution in [2.24, 2.45) is 5.73 Å². The van der Waals surface area contributed by atoms with Crippen LogP contribution < -0.4 is 11.1 Å². The third kappa shape index (κ3) is 45.6. The fraction of sp³-hybridized carbons (Fsp3) is 0.836. The number of nitrogens with one attached hydrogen (secondary N) is 1.